The van der Waals surface area contributed by atoms with Crippen molar-refractivity contribution in [2.24, 2.45) is 0 Å². The van der Waals surface area contributed by atoms with Gasteiger partial charge in [0.05, 0.1) is 10.6 Å². The van der Waals surface area contributed by atoms with E-state index in [1.807, 2.05) is 11.4 Å². The number of aromatic nitrogens is 3. The highest BCUT2D eigenvalue weighted by atomic mass is 32.2. The van der Waals surface area contributed by atoms with Crippen LogP contribution in [-0.2, 0) is 11.3 Å². The summed E-state index contributed by atoms with van der Waals surface area (Å²) in [5.74, 6) is 1.57. The highest BCUT2D eigenvalue weighted by Crippen LogP contribution is 2.28. The fraction of sp³-hybridized carbons (Fsp3) is 0.588. The molecule has 3 rings (SSSR count). The van der Waals surface area contributed by atoms with Crippen molar-refractivity contribution in [1.82, 2.24) is 19.7 Å². The first-order chi connectivity index (χ1) is 11.7. The Balaban J connectivity index is 1.67. The highest BCUT2D eigenvalue weighted by molar-refractivity contribution is 7.99. The molecule has 2 aromatic heterocycles. The summed E-state index contributed by atoms with van der Waals surface area (Å²) in [5.41, 5.74) is 0. The third kappa shape index (κ3) is 3.67. The summed E-state index contributed by atoms with van der Waals surface area (Å²) in [6.45, 7) is 5.96. The second-order valence-electron chi connectivity index (χ2n) is 5.96. The van der Waals surface area contributed by atoms with Crippen LogP contribution in [0.1, 0.15) is 39.5 Å². The summed E-state index contributed by atoms with van der Waals surface area (Å²) in [7, 11) is 0. The van der Waals surface area contributed by atoms with Gasteiger partial charge < -0.3 is 9.47 Å². The van der Waals surface area contributed by atoms with Crippen molar-refractivity contribution >= 4 is 29.0 Å². The second kappa shape index (κ2) is 8.16. The van der Waals surface area contributed by atoms with Gasteiger partial charge in [-0.05, 0) is 44.1 Å². The molecule has 1 amide bonds. The molecule has 0 N–H and O–H groups in total. The van der Waals surface area contributed by atoms with Crippen LogP contribution in [0, 0.1) is 0 Å². The number of carbonyl (C=O) groups is 1. The van der Waals surface area contributed by atoms with Crippen molar-refractivity contribution in [2.45, 2.75) is 57.3 Å². The first-order valence-corrected chi connectivity index (χ1v) is 10.5. The van der Waals surface area contributed by atoms with Crippen molar-refractivity contribution in [1.29, 1.82) is 0 Å². The number of nitrogens with zero attached hydrogens (tertiary/aromatic N) is 4. The standard InChI is InChI=1S/C17H24N4OS2/c1-3-13-8-5-6-10-21(13)15(22)12-24-17-19-18-16(20(17)4-2)14-9-7-11-23-14/h7,9,11,13H,3-6,8,10,12H2,1-2H3. The van der Waals surface area contributed by atoms with Crippen molar-refractivity contribution in [3.8, 4) is 10.7 Å². The quantitative estimate of drug-likeness (QED) is 0.729. The maximum atomic E-state index is 12.6. The van der Waals surface area contributed by atoms with Gasteiger partial charge in [0.15, 0.2) is 11.0 Å². The minimum Gasteiger partial charge on any atom is -0.339 e. The van der Waals surface area contributed by atoms with Gasteiger partial charge in [0.2, 0.25) is 5.91 Å². The number of hydrogen-bond acceptors (Lipinski definition) is 5. The number of carbonyl (C=O) groups excluding carboxylic acids is 1. The molecule has 1 unspecified atom stereocenters. The van der Waals surface area contributed by atoms with Gasteiger partial charge in [0, 0.05) is 19.1 Å². The van der Waals surface area contributed by atoms with Crippen molar-refractivity contribution in [3.63, 3.8) is 0 Å². The van der Waals surface area contributed by atoms with Gasteiger partial charge in [-0.25, -0.2) is 0 Å². The van der Waals surface area contributed by atoms with Crippen LogP contribution in [0.3, 0.4) is 0 Å². The maximum Gasteiger partial charge on any atom is 0.233 e. The number of hydrogen-bond donors (Lipinski definition) is 0. The van der Waals surface area contributed by atoms with Gasteiger partial charge in [0.1, 0.15) is 0 Å². The highest BCUT2D eigenvalue weighted by Gasteiger charge is 2.25. The third-order valence-corrected chi connectivity index (χ3v) is 6.34. The predicted octanol–water partition coefficient (Wildman–Crippen LogP) is 3.91. The fourth-order valence-electron chi connectivity index (χ4n) is 3.23. The minimum absolute atomic E-state index is 0.231. The van der Waals surface area contributed by atoms with Crippen LogP contribution in [0.2, 0.25) is 0 Å². The number of piperidine rings is 1. The lowest BCUT2D eigenvalue weighted by Crippen LogP contribution is -2.44. The zero-order valence-corrected chi connectivity index (χ0v) is 15.9. The van der Waals surface area contributed by atoms with Crippen LogP contribution in [0.4, 0.5) is 0 Å². The summed E-state index contributed by atoms with van der Waals surface area (Å²) >= 11 is 3.17. The number of thioether (sulfide) groups is 1. The molecule has 0 aliphatic carbocycles. The van der Waals surface area contributed by atoms with E-state index in [-0.39, 0.29) is 5.91 Å². The van der Waals surface area contributed by atoms with E-state index < -0.39 is 0 Å². The molecule has 0 radical (unpaired) electrons. The lowest BCUT2D eigenvalue weighted by Gasteiger charge is -2.35. The van der Waals surface area contributed by atoms with Crippen molar-refractivity contribution < 1.29 is 4.79 Å². The molecule has 1 fully saturated rings. The Labute approximate surface area is 151 Å². The number of likely N-dealkylation sites (tertiary alicyclic amines) is 1. The van der Waals surface area contributed by atoms with Crippen LogP contribution in [-0.4, -0.2) is 43.9 Å². The van der Waals surface area contributed by atoms with E-state index in [0.29, 0.717) is 11.8 Å². The summed E-state index contributed by atoms with van der Waals surface area (Å²) in [4.78, 5) is 15.8. The average Bonchev–Trinajstić information content (AvgIpc) is 3.28. The molecular weight excluding hydrogens is 340 g/mol. The van der Waals surface area contributed by atoms with Crippen molar-refractivity contribution in [3.05, 3.63) is 17.5 Å². The third-order valence-electron chi connectivity index (χ3n) is 4.52. The molecule has 7 heteroatoms. The van der Waals surface area contributed by atoms with Gasteiger partial charge in [0.25, 0.3) is 0 Å². The second-order valence-corrected chi connectivity index (χ2v) is 7.85. The fourth-order valence-corrected chi connectivity index (χ4v) is 4.84. The zero-order valence-electron chi connectivity index (χ0n) is 14.3. The summed E-state index contributed by atoms with van der Waals surface area (Å²) < 4.78 is 2.09. The SMILES string of the molecule is CCC1CCCCN1C(=O)CSc1nnc(-c2cccs2)n1CC. The van der Waals surface area contributed by atoms with Gasteiger partial charge in [-0.2, -0.15) is 0 Å². The van der Waals surface area contributed by atoms with Gasteiger partial charge >= 0.3 is 0 Å². The van der Waals surface area contributed by atoms with Crippen LogP contribution < -0.4 is 0 Å². The molecule has 24 heavy (non-hydrogen) atoms. The van der Waals surface area contributed by atoms with Gasteiger partial charge in [-0.3, -0.25) is 4.79 Å². The Bertz CT molecular complexity index is 668. The molecule has 0 aromatic carbocycles. The molecule has 0 spiro atoms. The van der Waals surface area contributed by atoms with E-state index in [9.17, 15) is 4.79 Å². The van der Waals surface area contributed by atoms with E-state index in [1.165, 1.54) is 18.2 Å². The van der Waals surface area contributed by atoms with Crippen LogP contribution in [0.15, 0.2) is 22.7 Å². The van der Waals surface area contributed by atoms with Crippen LogP contribution >= 0.6 is 23.1 Å². The normalized spacial score (nSPS) is 18.1. The molecule has 1 aliphatic heterocycles. The zero-order chi connectivity index (χ0) is 16.9. The molecular formula is C17H24N4OS2. The van der Waals surface area contributed by atoms with E-state index in [0.717, 1.165) is 48.2 Å². The first kappa shape index (κ1) is 17.5. The Morgan fingerprint density at radius 2 is 2.25 bits per heavy atom. The summed E-state index contributed by atoms with van der Waals surface area (Å²) in [6.07, 6.45) is 4.55. The molecule has 2 aromatic rings. The van der Waals surface area contributed by atoms with Gasteiger partial charge in [-0.1, -0.05) is 24.8 Å². The van der Waals surface area contributed by atoms with Gasteiger partial charge in [-0.15, -0.1) is 21.5 Å². The smallest absolute Gasteiger partial charge is 0.233 e. The Morgan fingerprint density at radius 1 is 1.38 bits per heavy atom. The minimum atomic E-state index is 0.231. The molecule has 130 valence electrons. The molecule has 1 saturated heterocycles. The van der Waals surface area contributed by atoms with E-state index in [1.54, 1.807) is 11.3 Å². The van der Waals surface area contributed by atoms with E-state index in [4.69, 9.17) is 0 Å². The Kier molecular flexibility index (Phi) is 5.94. The molecule has 0 bridgehead atoms. The van der Waals surface area contributed by atoms with E-state index in [2.05, 4.69) is 39.6 Å². The molecule has 5 nitrogen and oxygen atoms in total. The number of thiophene rings is 1. The molecule has 1 atom stereocenters. The van der Waals surface area contributed by atoms with Crippen LogP contribution in [0.25, 0.3) is 10.7 Å². The summed E-state index contributed by atoms with van der Waals surface area (Å²) in [6, 6.07) is 4.49. The van der Waals surface area contributed by atoms with E-state index >= 15 is 0 Å². The lowest BCUT2D eigenvalue weighted by atomic mass is 10.0. The monoisotopic (exact) mass is 364 g/mol. The Morgan fingerprint density at radius 3 is 2.96 bits per heavy atom. The topological polar surface area (TPSA) is 51.0 Å². The number of rotatable bonds is 6. The molecule has 3 heterocycles. The molecule has 0 saturated carbocycles. The summed E-state index contributed by atoms with van der Waals surface area (Å²) in [5, 5.41) is 11.5. The Hall–Kier alpha value is -1.34. The van der Waals surface area contributed by atoms with Crippen molar-refractivity contribution in [2.75, 3.05) is 12.3 Å². The first-order valence-electron chi connectivity index (χ1n) is 8.64. The van der Waals surface area contributed by atoms with Crippen LogP contribution in [0.5, 0.6) is 0 Å². The maximum absolute atomic E-state index is 12.6. The predicted molar refractivity (Wildman–Crippen MR) is 99.4 cm³/mol. The average molecular weight is 365 g/mol. The lowest BCUT2D eigenvalue weighted by molar-refractivity contribution is -0.132. The largest absolute Gasteiger partial charge is 0.339 e. The molecule has 1 aliphatic rings. The number of amides is 1.